The number of halogens is 1. The van der Waals surface area contributed by atoms with E-state index in [1.807, 2.05) is 54.7 Å². The van der Waals surface area contributed by atoms with Gasteiger partial charge in [-0.05, 0) is 54.1 Å². The highest BCUT2D eigenvalue weighted by atomic mass is 35.5. The Balaban J connectivity index is 1.23. The number of amides is 1. The molecule has 1 saturated heterocycles. The number of ether oxygens (including phenoxy) is 1. The van der Waals surface area contributed by atoms with Crippen LogP contribution in [-0.4, -0.2) is 64.8 Å². The summed E-state index contributed by atoms with van der Waals surface area (Å²) in [7, 11) is 0. The number of rotatable bonds is 7. The van der Waals surface area contributed by atoms with Crippen LogP contribution in [0.3, 0.4) is 0 Å². The van der Waals surface area contributed by atoms with Crippen molar-refractivity contribution >= 4 is 34.8 Å². The molecule has 3 heterocycles. The molecule has 0 spiro atoms. The third kappa shape index (κ3) is 5.20. The van der Waals surface area contributed by atoms with Gasteiger partial charge in [0.25, 0.3) is 5.91 Å². The average molecular weight is 477 g/mol. The zero-order valence-electron chi connectivity index (χ0n) is 18.6. The lowest BCUT2D eigenvalue weighted by atomic mass is 10.1. The van der Waals surface area contributed by atoms with Gasteiger partial charge < -0.3 is 15.4 Å². The SMILES string of the molecule is O=C(NCCN1CCOCC1)c1ccc(Nc2nc3c(-c4cccc(Cl)c4)cccn3n2)cc1. The number of carbonyl (C=O) groups is 1. The summed E-state index contributed by atoms with van der Waals surface area (Å²) in [5, 5.41) is 11.4. The number of fused-ring (bicyclic) bond motifs is 1. The Hall–Kier alpha value is -3.46. The maximum Gasteiger partial charge on any atom is 0.251 e. The lowest BCUT2D eigenvalue weighted by Crippen LogP contribution is -2.41. The van der Waals surface area contributed by atoms with Crippen molar-refractivity contribution in [2.45, 2.75) is 0 Å². The summed E-state index contributed by atoms with van der Waals surface area (Å²) in [5.74, 6) is 0.383. The molecule has 1 fully saturated rings. The molecule has 9 heteroatoms. The van der Waals surface area contributed by atoms with Crippen molar-refractivity contribution in [2.24, 2.45) is 0 Å². The molecule has 2 aromatic heterocycles. The number of aromatic nitrogens is 3. The molecule has 2 N–H and O–H groups in total. The van der Waals surface area contributed by atoms with Gasteiger partial charge in [0.05, 0.1) is 13.2 Å². The molecule has 174 valence electrons. The average Bonchev–Trinajstić information content (AvgIpc) is 3.27. The second-order valence-electron chi connectivity index (χ2n) is 8.05. The first-order chi connectivity index (χ1) is 16.7. The second-order valence-corrected chi connectivity index (χ2v) is 8.48. The number of nitrogens with zero attached hydrogens (tertiary/aromatic N) is 4. The van der Waals surface area contributed by atoms with Crippen LogP contribution in [0.5, 0.6) is 0 Å². The van der Waals surface area contributed by atoms with Gasteiger partial charge in [-0.1, -0.05) is 23.7 Å². The number of benzene rings is 2. The zero-order chi connectivity index (χ0) is 23.3. The largest absolute Gasteiger partial charge is 0.379 e. The van der Waals surface area contributed by atoms with Crippen LogP contribution in [0.25, 0.3) is 16.8 Å². The normalized spacial score (nSPS) is 14.3. The molecule has 0 saturated carbocycles. The summed E-state index contributed by atoms with van der Waals surface area (Å²) in [6, 6.07) is 18.9. The first-order valence-corrected chi connectivity index (χ1v) is 11.6. The Labute approximate surface area is 202 Å². The van der Waals surface area contributed by atoms with Crippen LogP contribution in [0.1, 0.15) is 10.4 Å². The summed E-state index contributed by atoms with van der Waals surface area (Å²) in [6.07, 6.45) is 1.85. The van der Waals surface area contributed by atoms with Gasteiger partial charge in [0.2, 0.25) is 5.95 Å². The Morgan fingerprint density at radius 1 is 1.06 bits per heavy atom. The first kappa shape index (κ1) is 22.3. The highest BCUT2D eigenvalue weighted by Crippen LogP contribution is 2.27. The number of hydrogen-bond acceptors (Lipinski definition) is 6. The van der Waals surface area contributed by atoms with E-state index in [1.165, 1.54) is 0 Å². The molecule has 34 heavy (non-hydrogen) atoms. The maximum absolute atomic E-state index is 12.5. The molecule has 0 aliphatic carbocycles. The van der Waals surface area contributed by atoms with Crippen molar-refractivity contribution in [1.82, 2.24) is 24.8 Å². The zero-order valence-corrected chi connectivity index (χ0v) is 19.3. The first-order valence-electron chi connectivity index (χ1n) is 11.2. The summed E-state index contributed by atoms with van der Waals surface area (Å²) in [5.41, 5.74) is 4.04. The van der Waals surface area contributed by atoms with E-state index in [1.54, 1.807) is 16.6 Å². The molecule has 4 aromatic rings. The lowest BCUT2D eigenvalue weighted by molar-refractivity contribution is 0.0383. The number of anilines is 2. The van der Waals surface area contributed by atoms with E-state index in [9.17, 15) is 4.79 Å². The Morgan fingerprint density at radius 3 is 2.68 bits per heavy atom. The minimum Gasteiger partial charge on any atom is -0.379 e. The van der Waals surface area contributed by atoms with Crippen LogP contribution in [0.15, 0.2) is 66.9 Å². The molecular formula is C25H25ClN6O2. The van der Waals surface area contributed by atoms with Gasteiger partial charge in [-0.15, -0.1) is 5.10 Å². The molecule has 1 aliphatic rings. The summed E-state index contributed by atoms with van der Waals surface area (Å²) in [4.78, 5) is 19.4. The number of pyridine rings is 1. The minimum atomic E-state index is -0.0863. The molecule has 0 bridgehead atoms. The third-order valence-electron chi connectivity index (χ3n) is 5.72. The van der Waals surface area contributed by atoms with Crippen molar-refractivity contribution in [2.75, 3.05) is 44.7 Å². The molecule has 5 rings (SSSR count). The van der Waals surface area contributed by atoms with Gasteiger partial charge in [0, 0.05) is 54.2 Å². The van der Waals surface area contributed by atoms with E-state index >= 15 is 0 Å². The fraction of sp³-hybridized carbons (Fsp3) is 0.240. The highest BCUT2D eigenvalue weighted by Gasteiger charge is 2.12. The van der Waals surface area contributed by atoms with Crippen molar-refractivity contribution in [3.8, 4) is 11.1 Å². The molecule has 1 aliphatic heterocycles. The topological polar surface area (TPSA) is 83.8 Å². The van der Waals surface area contributed by atoms with Crippen LogP contribution < -0.4 is 10.6 Å². The Kier molecular flexibility index (Phi) is 6.71. The van der Waals surface area contributed by atoms with E-state index in [2.05, 4.69) is 25.6 Å². The predicted molar refractivity (Wildman–Crippen MR) is 133 cm³/mol. The quantitative estimate of drug-likeness (QED) is 0.421. The van der Waals surface area contributed by atoms with Crippen LogP contribution in [-0.2, 0) is 4.74 Å². The fourth-order valence-electron chi connectivity index (χ4n) is 3.93. The van der Waals surface area contributed by atoms with Crippen molar-refractivity contribution < 1.29 is 9.53 Å². The van der Waals surface area contributed by atoms with E-state index in [0.717, 1.165) is 55.3 Å². The van der Waals surface area contributed by atoms with E-state index in [0.29, 0.717) is 23.1 Å². The summed E-state index contributed by atoms with van der Waals surface area (Å²) < 4.78 is 7.08. The number of hydrogen-bond donors (Lipinski definition) is 2. The van der Waals surface area contributed by atoms with Gasteiger partial charge in [-0.25, -0.2) is 4.52 Å². The van der Waals surface area contributed by atoms with Gasteiger partial charge in [-0.3, -0.25) is 9.69 Å². The standard InChI is InChI=1S/C25H25ClN6O2/c26-20-4-1-3-19(17-20)22-5-2-11-32-23(22)29-25(30-32)28-21-8-6-18(7-9-21)24(33)27-10-12-31-13-15-34-16-14-31/h1-9,11,17H,10,12-16H2,(H,27,33)(H,28,30). The molecule has 0 unspecified atom stereocenters. The lowest BCUT2D eigenvalue weighted by Gasteiger charge is -2.26. The second kappa shape index (κ2) is 10.2. The predicted octanol–water partition coefficient (Wildman–Crippen LogP) is 3.86. The van der Waals surface area contributed by atoms with Crippen LogP contribution in [0.4, 0.5) is 11.6 Å². The van der Waals surface area contributed by atoms with Crippen LogP contribution in [0, 0.1) is 0 Å². The molecule has 0 radical (unpaired) electrons. The molecule has 1 amide bonds. The van der Waals surface area contributed by atoms with Gasteiger partial charge >= 0.3 is 0 Å². The molecule has 0 atom stereocenters. The van der Waals surface area contributed by atoms with E-state index < -0.39 is 0 Å². The van der Waals surface area contributed by atoms with Crippen molar-refractivity contribution in [3.63, 3.8) is 0 Å². The summed E-state index contributed by atoms with van der Waals surface area (Å²) in [6.45, 7) is 4.77. The van der Waals surface area contributed by atoms with Gasteiger partial charge in [0.1, 0.15) is 0 Å². The number of carbonyl (C=O) groups excluding carboxylic acids is 1. The van der Waals surface area contributed by atoms with Gasteiger partial charge in [-0.2, -0.15) is 4.98 Å². The third-order valence-corrected chi connectivity index (χ3v) is 5.95. The van der Waals surface area contributed by atoms with E-state index in [-0.39, 0.29) is 5.91 Å². The molecule has 8 nitrogen and oxygen atoms in total. The molecular weight excluding hydrogens is 452 g/mol. The smallest absolute Gasteiger partial charge is 0.251 e. The minimum absolute atomic E-state index is 0.0863. The monoisotopic (exact) mass is 476 g/mol. The van der Waals surface area contributed by atoms with Crippen molar-refractivity contribution in [1.29, 1.82) is 0 Å². The highest BCUT2D eigenvalue weighted by molar-refractivity contribution is 6.30. The fourth-order valence-corrected chi connectivity index (χ4v) is 4.12. The number of nitrogens with one attached hydrogen (secondary N) is 2. The number of morpholine rings is 1. The van der Waals surface area contributed by atoms with Crippen LogP contribution in [0.2, 0.25) is 5.02 Å². The Bertz CT molecular complexity index is 1280. The van der Waals surface area contributed by atoms with E-state index in [4.69, 9.17) is 16.3 Å². The van der Waals surface area contributed by atoms with Crippen LogP contribution >= 0.6 is 11.6 Å². The molecule has 2 aromatic carbocycles. The van der Waals surface area contributed by atoms with Crippen molar-refractivity contribution in [3.05, 3.63) is 77.4 Å². The van der Waals surface area contributed by atoms with Gasteiger partial charge in [0.15, 0.2) is 5.65 Å². The summed E-state index contributed by atoms with van der Waals surface area (Å²) >= 11 is 6.17. The Morgan fingerprint density at radius 2 is 1.88 bits per heavy atom. The maximum atomic E-state index is 12.5.